The normalized spacial score (nSPS) is 49.3. The van der Waals surface area contributed by atoms with Gasteiger partial charge in [-0.3, -0.25) is 4.90 Å². The molecule has 0 aromatic rings. The fraction of sp³-hybridized carbons (Fsp3) is 1.00. The van der Waals surface area contributed by atoms with Crippen molar-refractivity contribution in [2.45, 2.75) is 55.1 Å². The third-order valence-electron chi connectivity index (χ3n) is 4.53. The van der Waals surface area contributed by atoms with E-state index in [0.29, 0.717) is 0 Å². The first kappa shape index (κ1) is 18.9. The van der Waals surface area contributed by atoms with Crippen molar-refractivity contribution in [3.63, 3.8) is 0 Å². The summed E-state index contributed by atoms with van der Waals surface area (Å²) in [6, 6.07) is -0.866. The van der Waals surface area contributed by atoms with Gasteiger partial charge in [0.05, 0.1) is 18.8 Å². The lowest BCUT2D eigenvalue weighted by molar-refractivity contribution is -0.294. The van der Waals surface area contributed by atoms with Crippen molar-refractivity contribution in [2.75, 3.05) is 26.8 Å². The first-order valence-corrected chi connectivity index (χ1v) is 7.43. The number of aliphatic hydroxyl groups excluding tert-OH is 7. The molecule has 136 valence electrons. The minimum atomic E-state index is -1.49. The summed E-state index contributed by atoms with van der Waals surface area (Å²) >= 11 is 0. The fourth-order valence-corrected chi connectivity index (χ4v) is 3.08. The lowest BCUT2D eigenvalue weighted by atomic mass is 9.92. The van der Waals surface area contributed by atoms with Gasteiger partial charge in [0, 0.05) is 20.2 Å². The van der Waals surface area contributed by atoms with Crippen molar-refractivity contribution in [1.29, 1.82) is 0 Å². The quantitative estimate of drug-likeness (QED) is 0.264. The molecule has 23 heavy (non-hydrogen) atoms. The van der Waals surface area contributed by atoms with Crippen LogP contribution >= 0.6 is 0 Å². The molecular weight excluding hydrogens is 314 g/mol. The fourth-order valence-electron chi connectivity index (χ4n) is 3.08. The first-order valence-electron chi connectivity index (χ1n) is 7.43. The van der Waals surface area contributed by atoms with E-state index >= 15 is 0 Å². The SMILES string of the molecule is CO[C@@H]1O[C@@H](CN2C[C@H](O)[C@@H](O)[C@H](O)[C@H]2CO)[C@H](O)[C@@H](O)[C@@H]1O. The van der Waals surface area contributed by atoms with Crippen LogP contribution in [0.1, 0.15) is 0 Å². The molecule has 10 nitrogen and oxygen atoms in total. The molecule has 2 saturated heterocycles. The van der Waals surface area contributed by atoms with Gasteiger partial charge in [0.1, 0.15) is 36.6 Å². The average Bonchev–Trinajstić information content (AvgIpc) is 2.53. The Bertz CT molecular complexity index is 384. The molecule has 0 bridgehead atoms. The number of β-amino-alcohol motifs (C(OH)–C–C–N with tert-alkyl or cyclic N) is 1. The van der Waals surface area contributed by atoms with E-state index in [1.54, 1.807) is 0 Å². The Hall–Kier alpha value is -0.400. The number of hydrogen-bond donors (Lipinski definition) is 7. The molecule has 0 saturated carbocycles. The summed E-state index contributed by atoms with van der Waals surface area (Å²) in [5, 5.41) is 68.4. The lowest BCUT2D eigenvalue weighted by Gasteiger charge is -2.46. The molecule has 0 aromatic heterocycles. The molecule has 0 aromatic carbocycles. The Morgan fingerprint density at radius 1 is 0.957 bits per heavy atom. The van der Waals surface area contributed by atoms with Crippen LogP contribution < -0.4 is 0 Å². The molecule has 2 rings (SSSR count). The molecule has 0 amide bonds. The third kappa shape index (κ3) is 3.66. The smallest absolute Gasteiger partial charge is 0.186 e. The zero-order chi connectivity index (χ0) is 17.3. The number of likely N-dealkylation sites (tertiary alicyclic amines) is 1. The van der Waals surface area contributed by atoms with Gasteiger partial charge in [0.15, 0.2) is 6.29 Å². The van der Waals surface area contributed by atoms with E-state index < -0.39 is 61.7 Å². The van der Waals surface area contributed by atoms with E-state index in [9.17, 15) is 35.7 Å². The highest BCUT2D eigenvalue weighted by Crippen LogP contribution is 2.25. The second-order valence-corrected chi connectivity index (χ2v) is 6.00. The Morgan fingerprint density at radius 3 is 2.17 bits per heavy atom. The number of ether oxygens (including phenoxy) is 2. The van der Waals surface area contributed by atoms with Crippen molar-refractivity contribution in [2.24, 2.45) is 0 Å². The van der Waals surface area contributed by atoms with Gasteiger partial charge >= 0.3 is 0 Å². The number of rotatable bonds is 4. The molecule has 7 N–H and O–H groups in total. The second kappa shape index (κ2) is 7.66. The van der Waals surface area contributed by atoms with Crippen molar-refractivity contribution in [3.05, 3.63) is 0 Å². The van der Waals surface area contributed by atoms with E-state index in [1.807, 2.05) is 0 Å². The minimum absolute atomic E-state index is 0.0587. The van der Waals surface area contributed by atoms with Crippen molar-refractivity contribution < 1.29 is 45.2 Å². The van der Waals surface area contributed by atoms with E-state index in [2.05, 4.69) is 0 Å². The van der Waals surface area contributed by atoms with Gasteiger partial charge in [0.25, 0.3) is 0 Å². The van der Waals surface area contributed by atoms with E-state index in [4.69, 9.17) is 9.47 Å². The summed E-state index contributed by atoms with van der Waals surface area (Å²) in [5.41, 5.74) is 0. The van der Waals surface area contributed by atoms with Crippen LogP contribution in [0, 0.1) is 0 Å². The van der Waals surface area contributed by atoms with E-state index in [-0.39, 0.29) is 13.1 Å². The van der Waals surface area contributed by atoms with Crippen molar-refractivity contribution in [3.8, 4) is 0 Å². The molecule has 2 aliphatic rings. The van der Waals surface area contributed by atoms with Gasteiger partial charge in [-0.05, 0) is 0 Å². The topological polar surface area (TPSA) is 163 Å². The largest absolute Gasteiger partial charge is 0.395 e. The summed E-state index contributed by atoms with van der Waals surface area (Å²) in [6.07, 6.45) is -10.5. The zero-order valence-corrected chi connectivity index (χ0v) is 12.7. The predicted molar refractivity (Wildman–Crippen MR) is 74.2 cm³/mol. The maximum atomic E-state index is 10.0. The van der Waals surface area contributed by atoms with Crippen molar-refractivity contribution in [1.82, 2.24) is 4.90 Å². The molecule has 9 atom stereocenters. The predicted octanol–water partition coefficient (Wildman–Crippen LogP) is -4.80. The van der Waals surface area contributed by atoms with Crippen molar-refractivity contribution >= 4 is 0 Å². The van der Waals surface area contributed by atoms with E-state index in [0.717, 1.165) is 0 Å². The second-order valence-electron chi connectivity index (χ2n) is 6.00. The monoisotopic (exact) mass is 339 g/mol. The number of hydrogen-bond acceptors (Lipinski definition) is 10. The average molecular weight is 339 g/mol. The summed E-state index contributed by atoms with van der Waals surface area (Å²) in [5.74, 6) is 0. The van der Waals surface area contributed by atoms with Gasteiger partial charge in [-0.15, -0.1) is 0 Å². The summed E-state index contributed by atoms with van der Waals surface area (Å²) < 4.78 is 10.3. The molecule has 10 heteroatoms. The molecule has 2 heterocycles. The van der Waals surface area contributed by atoms with Gasteiger partial charge in [-0.25, -0.2) is 0 Å². The third-order valence-corrected chi connectivity index (χ3v) is 4.53. The first-order chi connectivity index (χ1) is 10.8. The minimum Gasteiger partial charge on any atom is -0.395 e. The standard InChI is InChI=1S/C13H25NO9/c1-22-13-12(21)11(20)10(19)7(23-13)3-14-2-6(16)9(18)8(17)5(14)4-15/h5-13,15-21H,2-4H2,1H3/t5-,6+,7+,8-,9-,10+,11-,12+,13-/m1/s1. The van der Waals surface area contributed by atoms with Crippen LogP contribution in [0.3, 0.4) is 0 Å². The maximum absolute atomic E-state index is 10.0. The highest BCUT2D eigenvalue weighted by Gasteiger charge is 2.47. The zero-order valence-electron chi connectivity index (χ0n) is 12.7. The molecule has 0 spiro atoms. The Morgan fingerprint density at radius 2 is 1.61 bits per heavy atom. The van der Waals surface area contributed by atoms with Crippen LogP contribution in [0.15, 0.2) is 0 Å². The van der Waals surface area contributed by atoms with Crippen LogP contribution in [0.25, 0.3) is 0 Å². The highest BCUT2D eigenvalue weighted by molar-refractivity contribution is 4.97. The van der Waals surface area contributed by atoms with Crippen LogP contribution in [0.4, 0.5) is 0 Å². The lowest BCUT2D eigenvalue weighted by Crippen LogP contribution is -2.66. The molecule has 2 aliphatic heterocycles. The molecular formula is C13H25NO9. The Kier molecular flexibility index (Phi) is 6.30. The number of methoxy groups -OCH3 is 1. The molecule has 2 fully saturated rings. The van der Waals surface area contributed by atoms with Crippen LogP contribution in [0.5, 0.6) is 0 Å². The van der Waals surface area contributed by atoms with Gasteiger partial charge < -0.3 is 45.2 Å². The van der Waals surface area contributed by atoms with Crippen LogP contribution in [0.2, 0.25) is 0 Å². The van der Waals surface area contributed by atoms with Crippen LogP contribution in [-0.4, -0.2) is 123 Å². The number of nitrogens with zero attached hydrogens (tertiary/aromatic N) is 1. The molecule has 0 aliphatic carbocycles. The molecule has 0 radical (unpaired) electrons. The summed E-state index contributed by atoms with van der Waals surface area (Å²) in [7, 11) is 1.27. The van der Waals surface area contributed by atoms with Gasteiger partial charge in [-0.1, -0.05) is 0 Å². The molecule has 0 unspecified atom stereocenters. The van der Waals surface area contributed by atoms with Gasteiger partial charge in [0.2, 0.25) is 0 Å². The van der Waals surface area contributed by atoms with Gasteiger partial charge in [-0.2, -0.15) is 0 Å². The Labute approximate surface area is 133 Å². The number of aliphatic hydroxyl groups is 7. The van der Waals surface area contributed by atoms with Crippen LogP contribution in [-0.2, 0) is 9.47 Å². The highest BCUT2D eigenvalue weighted by atomic mass is 16.7. The van der Waals surface area contributed by atoms with E-state index in [1.165, 1.54) is 12.0 Å². The Balaban J connectivity index is 2.09. The number of piperidine rings is 1. The summed E-state index contributed by atoms with van der Waals surface area (Å²) in [6.45, 7) is -0.601. The summed E-state index contributed by atoms with van der Waals surface area (Å²) in [4.78, 5) is 1.45. The maximum Gasteiger partial charge on any atom is 0.186 e.